The quantitative estimate of drug-likeness (QED) is 0.169. The minimum atomic E-state index is -0.426. The maximum absolute atomic E-state index is 2.47. The summed E-state index contributed by atoms with van der Waals surface area (Å²) in [7, 11) is 0. The molecular formula is C52H41N. The second-order valence-electron chi connectivity index (χ2n) is 15.2. The zero-order valence-corrected chi connectivity index (χ0v) is 30.2. The predicted molar refractivity (Wildman–Crippen MR) is 222 cm³/mol. The molecule has 0 fully saturated rings. The molecule has 254 valence electrons. The van der Waals surface area contributed by atoms with Gasteiger partial charge in [-0.25, -0.2) is 0 Å². The molecule has 1 nitrogen and oxygen atoms in total. The van der Waals surface area contributed by atoms with Crippen LogP contribution in [-0.4, -0.2) is 0 Å². The molecule has 3 aliphatic rings. The Kier molecular flexibility index (Phi) is 7.27. The Labute approximate surface area is 313 Å². The SMILES string of the molecule is CC1(C)c2ccccc2-c2ccc(N(c3ccc(C4C=CC=CC4)cc3)c3ccc4c(c3)-c3ccccc3C4(c3ccccc3)c3ccccc3)cc21. The van der Waals surface area contributed by atoms with Crippen LogP contribution in [0.25, 0.3) is 22.3 Å². The lowest BCUT2D eigenvalue weighted by Gasteiger charge is -2.34. The summed E-state index contributed by atoms with van der Waals surface area (Å²) in [5, 5.41) is 0. The minimum absolute atomic E-state index is 0.0971. The highest BCUT2D eigenvalue weighted by atomic mass is 15.1. The first kappa shape index (κ1) is 31.5. The Morgan fingerprint density at radius 1 is 0.453 bits per heavy atom. The number of benzene rings is 7. The Bertz CT molecular complexity index is 2510. The average Bonchev–Trinajstić information content (AvgIpc) is 3.65. The van der Waals surface area contributed by atoms with Crippen molar-refractivity contribution in [3.05, 3.63) is 233 Å². The zero-order valence-electron chi connectivity index (χ0n) is 30.2. The number of allylic oxidation sites excluding steroid dienone is 4. The van der Waals surface area contributed by atoms with E-state index in [9.17, 15) is 0 Å². The van der Waals surface area contributed by atoms with Gasteiger partial charge in [-0.05, 0) is 104 Å². The van der Waals surface area contributed by atoms with Crippen LogP contribution in [0.4, 0.5) is 17.1 Å². The molecule has 0 saturated heterocycles. The van der Waals surface area contributed by atoms with E-state index >= 15 is 0 Å². The Morgan fingerprint density at radius 3 is 1.68 bits per heavy atom. The summed E-state index contributed by atoms with van der Waals surface area (Å²) >= 11 is 0. The maximum atomic E-state index is 2.47. The van der Waals surface area contributed by atoms with Crippen LogP contribution in [0.1, 0.15) is 65.1 Å². The molecule has 7 aromatic carbocycles. The van der Waals surface area contributed by atoms with Gasteiger partial charge in [-0.1, -0.05) is 172 Å². The fraction of sp³-hybridized carbons (Fsp3) is 0.115. The monoisotopic (exact) mass is 679 g/mol. The van der Waals surface area contributed by atoms with Gasteiger partial charge < -0.3 is 4.90 Å². The summed E-state index contributed by atoms with van der Waals surface area (Å²) in [4.78, 5) is 2.47. The van der Waals surface area contributed by atoms with Crippen LogP contribution in [0.2, 0.25) is 0 Å². The smallest absolute Gasteiger partial charge is 0.0713 e. The first-order chi connectivity index (χ1) is 26.0. The van der Waals surface area contributed by atoms with E-state index in [0.717, 1.165) is 17.8 Å². The molecule has 1 heteroatoms. The van der Waals surface area contributed by atoms with E-state index in [4.69, 9.17) is 0 Å². The third-order valence-electron chi connectivity index (χ3n) is 12.1. The van der Waals surface area contributed by atoms with E-state index in [2.05, 4.69) is 213 Å². The summed E-state index contributed by atoms with van der Waals surface area (Å²) in [5.41, 5.74) is 17.5. The van der Waals surface area contributed by atoms with E-state index in [0.29, 0.717) is 5.92 Å². The van der Waals surface area contributed by atoms with Crippen molar-refractivity contribution in [2.24, 2.45) is 0 Å². The molecule has 53 heavy (non-hydrogen) atoms. The van der Waals surface area contributed by atoms with Crippen LogP contribution in [0, 0.1) is 0 Å². The molecule has 0 radical (unpaired) electrons. The summed E-state index contributed by atoms with van der Waals surface area (Å²) in [6.45, 7) is 4.73. The van der Waals surface area contributed by atoms with Crippen molar-refractivity contribution in [3.8, 4) is 22.3 Å². The molecule has 1 unspecified atom stereocenters. The van der Waals surface area contributed by atoms with Crippen molar-refractivity contribution in [2.45, 2.75) is 37.0 Å². The lowest BCUT2D eigenvalue weighted by molar-refractivity contribution is 0.660. The van der Waals surface area contributed by atoms with Crippen molar-refractivity contribution in [2.75, 3.05) is 4.90 Å². The molecule has 0 spiro atoms. The number of hydrogen-bond acceptors (Lipinski definition) is 1. The fourth-order valence-electron chi connectivity index (χ4n) is 9.55. The third kappa shape index (κ3) is 4.77. The van der Waals surface area contributed by atoms with E-state index in [1.54, 1.807) is 0 Å². The Morgan fingerprint density at radius 2 is 1.00 bits per heavy atom. The van der Waals surface area contributed by atoms with Gasteiger partial charge in [0.25, 0.3) is 0 Å². The number of anilines is 3. The maximum Gasteiger partial charge on any atom is 0.0713 e. The highest BCUT2D eigenvalue weighted by molar-refractivity contribution is 5.91. The number of nitrogens with zero attached hydrogens (tertiary/aromatic N) is 1. The first-order valence-electron chi connectivity index (χ1n) is 18.9. The second-order valence-corrected chi connectivity index (χ2v) is 15.2. The van der Waals surface area contributed by atoms with Crippen LogP contribution in [0.15, 0.2) is 194 Å². The molecule has 0 bridgehead atoms. The molecule has 0 N–H and O–H groups in total. The van der Waals surface area contributed by atoms with Gasteiger partial charge in [0.05, 0.1) is 5.41 Å². The van der Waals surface area contributed by atoms with Crippen molar-refractivity contribution < 1.29 is 0 Å². The second kappa shape index (κ2) is 12.2. The highest BCUT2D eigenvalue weighted by Gasteiger charge is 2.46. The molecule has 7 aromatic rings. The van der Waals surface area contributed by atoms with Gasteiger partial charge in [0.15, 0.2) is 0 Å². The molecule has 0 saturated carbocycles. The lowest BCUT2D eigenvalue weighted by Crippen LogP contribution is -2.28. The highest BCUT2D eigenvalue weighted by Crippen LogP contribution is 2.57. The number of rotatable bonds is 6. The molecule has 0 aliphatic heterocycles. The van der Waals surface area contributed by atoms with E-state index < -0.39 is 5.41 Å². The molecule has 10 rings (SSSR count). The van der Waals surface area contributed by atoms with Crippen LogP contribution in [0.5, 0.6) is 0 Å². The normalized spacial score (nSPS) is 16.8. The van der Waals surface area contributed by atoms with Gasteiger partial charge in [0.1, 0.15) is 0 Å². The van der Waals surface area contributed by atoms with Gasteiger partial charge >= 0.3 is 0 Å². The van der Waals surface area contributed by atoms with E-state index in [1.165, 1.54) is 66.9 Å². The molecule has 0 amide bonds. The van der Waals surface area contributed by atoms with Gasteiger partial charge in [-0.3, -0.25) is 0 Å². The summed E-state index contributed by atoms with van der Waals surface area (Å²) in [5.74, 6) is 0.405. The fourth-order valence-corrected chi connectivity index (χ4v) is 9.55. The van der Waals surface area contributed by atoms with E-state index in [-0.39, 0.29) is 5.41 Å². The lowest BCUT2D eigenvalue weighted by atomic mass is 9.68. The minimum Gasteiger partial charge on any atom is -0.310 e. The van der Waals surface area contributed by atoms with Gasteiger partial charge in [0, 0.05) is 28.4 Å². The number of hydrogen-bond donors (Lipinski definition) is 0. The van der Waals surface area contributed by atoms with Crippen LogP contribution >= 0.6 is 0 Å². The summed E-state index contributed by atoms with van der Waals surface area (Å²) in [6.07, 6.45) is 9.94. The van der Waals surface area contributed by atoms with Crippen LogP contribution in [-0.2, 0) is 10.8 Å². The summed E-state index contributed by atoms with van der Waals surface area (Å²) in [6, 6.07) is 63.6. The average molecular weight is 680 g/mol. The molecular weight excluding hydrogens is 639 g/mol. The van der Waals surface area contributed by atoms with E-state index in [1.807, 2.05) is 0 Å². The molecule has 0 heterocycles. The van der Waals surface area contributed by atoms with Gasteiger partial charge in [-0.2, -0.15) is 0 Å². The molecule has 3 aliphatic carbocycles. The number of fused-ring (bicyclic) bond motifs is 6. The zero-order chi connectivity index (χ0) is 35.6. The largest absolute Gasteiger partial charge is 0.310 e. The molecule has 0 aromatic heterocycles. The first-order valence-corrected chi connectivity index (χ1v) is 18.9. The summed E-state index contributed by atoms with van der Waals surface area (Å²) < 4.78 is 0. The van der Waals surface area contributed by atoms with Gasteiger partial charge in [-0.15, -0.1) is 0 Å². The predicted octanol–water partition coefficient (Wildman–Crippen LogP) is 13.4. The Hall–Kier alpha value is -6.18. The van der Waals surface area contributed by atoms with Crippen LogP contribution < -0.4 is 4.90 Å². The van der Waals surface area contributed by atoms with Crippen LogP contribution in [0.3, 0.4) is 0 Å². The molecule has 1 atom stereocenters. The van der Waals surface area contributed by atoms with Crippen molar-refractivity contribution in [1.82, 2.24) is 0 Å². The Balaban J connectivity index is 1.18. The standard InChI is InChI=1S/C52H41N/c1-51(2)47-24-14-12-22-43(47)45-32-30-42(35-50(45)51)53(40-28-26-37(27-29-40)36-16-6-3-7-17-36)41-31-33-49-46(34-41)44-23-13-15-25-48(44)52(49,38-18-8-4-9-19-38)39-20-10-5-11-21-39/h3-16,18-36H,17H2,1-2H3. The topological polar surface area (TPSA) is 3.24 Å². The van der Waals surface area contributed by atoms with Crippen molar-refractivity contribution >= 4 is 17.1 Å². The third-order valence-corrected chi connectivity index (χ3v) is 12.1. The van der Waals surface area contributed by atoms with Crippen molar-refractivity contribution in [1.29, 1.82) is 0 Å². The van der Waals surface area contributed by atoms with Gasteiger partial charge in [0.2, 0.25) is 0 Å². The van der Waals surface area contributed by atoms with Crippen molar-refractivity contribution in [3.63, 3.8) is 0 Å².